The molecule has 19 heavy (non-hydrogen) atoms. The first-order valence-corrected chi connectivity index (χ1v) is 5.96. The van der Waals surface area contributed by atoms with Gasteiger partial charge in [-0.05, 0) is 18.1 Å². The predicted molar refractivity (Wildman–Crippen MR) is 70.0 cm³/mol. The number of aromatic nitrogens is 2. The van der Waals surface area contributed by atoms with Gasteiger partial charge in [-0.1, -0.05) is 13.8 Å². The molecule has 2 N–H and O–H groups in total. The lowest BCUT2D eigenvalue weighted by Gasteiger charge is -2.09. The number of hydrogen-bond acceptors (Lipinski definition) is 5. The number of carboxylic acids is 1. The van der Waals surface area contributed by atoms with Gasteiger partial charge in [-0.15, -0.1) is 0 Å². The molecule has 0 saturated heterocycles. The normalized spacial score (nSPS) is 10.7. The van der Waals surface area contributed by atoms with Gasteiger partial charge in [0.2, 0.25) is 0 Å². The van der Waals surface area contributed by atoms with Gasteiger partial charge in [0.15, 0.2) is 17.3 Å². The molecule has 6 nitrogen and oxygen atoms in total. The van der Waals surface area contributed by atoms with E-state index in [2.05, 4.69) is 29.1 Å². The van der Waals surface area contributed by atoms with Crippen LogP contribution in [-0.4, -0.2) is 27.6 Å². The molecule has 2 aromatic rings. The largest absolute Gasteiger partial charge is 0.477 e. The fourth-order valence-electron chi connectivity index (χ4n) is 1.47. The van der Waals surface area contributed by atoms with E-state index in [1.807, 2.05) is 0 Å². The van der Waals surface area contributed by atoms with Crippen LogP contribution in [0, 0.1) is 5.92 Å². The molecule has 0 unspecified atom stereocenters. The lowest BCUT2D eigenvalue weighted by Crippen LogP contribution is -2.12. The van der Waals surface area contributed by atoms with Crippen LogP contribution < -0.4 is 5.32 Å². The first-order chi connectivity index (χ1) is 9.06. The number of nitrogens with one attached hydrogen (secondary N) is 1. The maximum atomic E-state index is 11.1. The Morgan fingerprint density at radius 3 is 2.84 bits per heavy atom. The molecular weight excluding hydrogens is 246 g/mol. The maximum Gasteiger partial charge on any atom is 0.354 e. The summed E-state index contributed by atoms with van der Waals surface area (Å²) in [6.07, 6.45) is 1.49. The molecule has 0 aliphatic rings. The molecule has 6 heteroatoms. The van der Waals surface area contributed by atoms with E-state index >= 15 is 0 Å². The van der Waals surface area contributed by atoms with Crippen LogP contribution in [0.5, 0.6) is 0 Å². The Hall–Kier alpha value is -2.37. The molecule has 0 aliphatic carbocycles. The number of carboxylic acid groups (broad SMARTS) is 1. The van der Waals surface area contributed by atoms with Crippen molar-refractivity contribution in [2.75, 3.05) is 11.9 Å². The molecule has 0 radical (unpaired) electrons. The average molecular weight is 261 g/mol. The van der Waals surface area contributed by atoms with Crippen molar-refractivity contribution in [2.24, 2.45) is 5.92 Å². The minimum atomic E-state index is -1.09. The maximum absolute atomic E-state index is 11.1. The predicted octanol–water partition coefficient (Wildman–Crippen LogP) is 2.50. The summed E-state index contributed by atoms with van der Waals surface area (Å²) in [5, 5.41) is 12.1. The Morgan fingerprint density at radius 1 is 1.47 bits per heavy atom. The third-order valence-electron chi connectivity index (χ3n) is 2.38. The zero-order valence-corrected chi connectivity index (χ0v) is 10.8. The third kappa shape index (κ3) is 3.31. The first-order valence-electron chi connectivity index (χ1n) is 5.96. The second kappa shape index (κ2) is 5.51. The average Bonchev–Trinajstić information content (AvgIpc) is 2.89. The molecule has 0 spiro atoms. The molecule has 0 atom stereocenters. The van der Waals surface area contributed by atoms with E-state index in [9.17, 15) is 4.79 Å². The monoisotopic (exact) mass is 261 g/mol. The van der Waals surface area contributed by atoms with Crippen molar-refractivity contribution in [2.45, 2.75) is 13.8 Å². The van der Waals surface area contributed by atoms with Gasteiger partial charge in [0.25, 0.3) is 0 Å². The molecule has 0 bridgehead atoms. The van der Waals surface area contributed by atoms with Crippen LogP contribution in [0.25, 0.3) is 11.6 Å². The number of hydrogen-bond donors (Lipinski definition) is 2. The van der Waals surface area contributed by atoms with Gasteiger partial charge in [0.1, 0.15) is 5.82 Å². The molecule has 0 aromatic carbocycles. The minimum Gasteiger partial charge on any atom is -0.477 e. The third-order valence-corrected chi connectivity index (χ3v) is 2.38. The zero-order chi connectivity index (χ0) is 13.8. The van der Waals surface area contributed by atoms with E-state index in [1.165, 1.54) is 12.3 Å². The first kappa shape index (κ1) is 13.1. The van der Waals surface area contributed by atoms with Crippen LogP contribution >= 0.6 is 0 Å². The SMILES string of the molecule is CC(C)CNc1cc(C(=O)O)nc(-c2ccco2)n1. The highest BCUT2D eigenvalue weighted by atomic mass is 16.4. The van der Waals surface area contributed by atoms with Gasteiger partial charge in [-0.2, -0.15) is 0 Å². The molecule has 0 saturated carbocycles. The van der Waals surface area contributed by atoms with E-state index in [0.717, 1.165) is 0 Å². The summed E-state index contributed by atoms with van der Waals surface area (Å²) in [4.78, 5) is 19.3. The lowest BCUT2D eigenvalue weighted by molar-refractivity contribution is 0.0690. The highest BCUT2D eigenvalue weighted by Crippen LogP contribution is 2.18. The summed E-state index contributed by atoms with van der Waals surface area (Å²) in [5.74, 6) is 0.512. The molecular formula is C13H15N3O3. The van der Waals surface area contributed by atoms with Crippen LogP contribution in [0.3, 0.4) is 0 Å². The zero-order valence-electron chi connectivity index (χ0n) is 10.8. The molecule has 0 amide bonds. The molecule has 2 aromatic heterocycles. The topological polar surface area (TPSA) is 88.2 Å². The van der Waals surface area contributed by atoms with Gasteiger partial charge < -0.3 is 14.8 Å². The smallest absolute Gasteiger partial charge is 0.354 e. The van der Waals surface area contributed by atoms with Gasteiger partial charge in [0, 0.05) is 12.6 Å². The minimum absolute atomic E-state index is 0.0624. The Bertz CT molecular complexity index is 565. The molecule has 0 aliphatic heterocycles. The second-order valence-corrected chi connectivity index (χ2v) is 4.52. The lowest BCUT2D eigenvalue weighted by atomic mass is 10.2. The van der Waals surface area contributed by atoms with E-state index < -0.39 is 5.97 Å². The Labute approximate surface area is 110 Å². The highest BCUT2D eigenvalue weighted by molar-refractivity contribution is 5.86. The Morgan fingerprint density at radius 2 is 2.26 bits per heavy atom. The summed E-state index contributed by atoms with van der Waals surface area (Å²) in [6, 6.07) is 4.80. The summed E-state index contributed by atoms with van der Waals surface area (Å²) in [7, 11) is 0. The quantitative estimate of drug-likeness (QED) is 0.859. The fourth-order valence-corrected chi connectivity index (χ4v) is 1.47. The van der Waals surface area contributed by atoms with Crippen molar-refractivity contribution in [1.29, 1.82) is 0 Å². The molecule has 2 rings (SSSR count). The van der Waals surface area contributed by atoms with Gasteiger partial charge in [-0.3, -0.25) is 0 Å². The van der Waals surface area contributed by atoms with E-state index in [4.69, 9.17) is 9.52 Å². The summed E-state index contributed by atoms with van der Waals surface area (Å²) in [5.41, 5.74) is -0.0624. The Balaban J connectivity index is 2.35. The molecule has 0 fully saturated rings. The van der Waals surface area contributed by atoms with Crippen molar-refractivity contribution in [3.8, 4) is 11.6 Å². The van der Waals surface area contributed by atoms with Crippen molar-refractivity contribution >= 4 is 11.8 Å². The molecule has 100 valence electrons. The number of aromatic carboxylic acids is 1. The Kier molecular flexibility index (Phi) is 3.79. The van der Waals surface area contributed by atoms with Crippen LogP contribution in [0.1, 0.15) is 24.3 Å². The van der Waals surface area contributed by atoms with Crippen LogP contribution in [0.4, 0.5) is 5.82 Å². The van der Waals surface area contributed by atoms with Gasteiger partial charge >= 0.3 is 5.97 Å². The number of nitrogens with zero attached hydrogens (tertiary/aromatic N) is 2. The molecule has 2 heterocycles. The van der Waals surface area contributed by atoms with Crippen molar-refractivity contribution in [3.63, 3.8) is 0 Å². The second-order valence-electron chi connectivity index (χ2n) is 4.52. The van der Waals surface area contributed by atoms with E-state index in [0.29, 0.717) is 24.0 Å². The van der Waals surface area contributed by atoms with Crippen molar-refractivity contribution in [3.05, 3.63) is 30.2 Å². The van der Waals surface area contributed by atoms with Crippen molar-refractivity contribution < 1.29 is 14.3 Å². The van der Waals surface area contributed by atoms with Gasteiger partial charge in [0.05, 0.1) is 6.26 Å². The van der Waals surface area contributed by atoms with E-state index in [-0.39, 0.29) is 11.5 Å². The number of rotatable bonds is 5. The van der Waals surface area contributed by atoms with Crippen LogP contribution in [0.15, 0.2) is 28.9 Å². The number of carbonyl (C=O) groups is 1. The standard InChI is InChI=1S/C13H15N3O3/c1-8(2)7-14-11-6-9(13(17)18)15-12(16-11)10-4-3-5-19-10/h3-6,8H,7H2,1-2H3,(H,17,18)(H,14,15,16). The van der Waals surface area contributed by atoms with E-state index in [1.54, 1.807) is 12.1 Å². The van der Waals surface area contributed by atoms with Crippen LogP contribution in [0.2, 0.25) is 0 Å². The summed E-state index contributed by atoms with van der Waals surface area (Å²) >= 11 is 0. The van der Waals surface area contributed by atoms with Crippen molar-refractivity contribution in [1.82, 2.24) is 9.97 Å². The fraction of sp³-hybridized carbons (Fsp3) is 0.308. The number of anilines is 1. The summed E-state index contributed by atoms with van der Waals surface area (Å²) in [6.45, 7) is 4.81. The number of furan rings is 1. The van der Waals surface area contributed by atoms with Gasteiger partial charge in [-0.25, -0.2) is 14.8 Å². The van der Waals surface area contributed by atoms with Crippen LogP contribution in [-0.2, 0) is 0 Å². The highest BCUT2D eigenvalue weighted by Gasteiger charge is 2.13. The summed E-state index contributed by atoms with van der Waals surface area (Å²) < 4.78 is 5.19.